The fourth-order valence-corrected chi connectivity index (χ4v) is 3.03. The predicted octanol–water partition coefficient (Wildman–Crippen LogP) is 1.82. The van der Waals surface area contributed by atoms with Crippen molar-refractivity contribution in [3.63, 3.8) is 0 Å². The van der Waals surface area contributed by atoms with Gasteiger partial charge in [0.05, 0.1) is 0 Å². The van der Waals surface area contributed by atoms with Gasteiger partial charge in [-0.05, 0) is 31.1 Å². The maximum absolute atomic E-state index is 10.9. The molecule has 1 aliphatic heterocycles. The van der Waals surface area contributed by atoms with E-state index in [0.29, 0.717) is 5.41 Å². The Balaban J connectivity index is 1.88. The van der Waals surface area contributed by atoms with Crippen LogP contribution in [-0.4, -0.2) is 24.0 Å². The maximum Gasteiger partial charge on any atom is 0.314 e. The molecule has 3 nitrogen and oxygen atoms in total. The Bertz CT molecular complexity index is 244. The van der Waals surface area contributed by atoms with Gasteiger partial charge in [0.25, 0.3) is 0 Å². The van der Waals surface area contributed by atoms with E-state index in [2.05, 4.69) is 13.8 Å². The number of carbonyl (C=O) groups excluding carboxylic acids is 1. The number of rotatable bonds is 1. The first-order chi connectivity index (χ1) is 6.52. The van der Waals surface area contributed by atoms with Crippen molar-refractivity contribution in [3.05, 3.63) is 0 Å². The standard InChI is InChI=1S/C11H20N2O/c1-8(2)9-3-4-11(5-9)6-13(7-11)10(12)14/h8-9H,3-7H2,1-2H3,(H2,12,14). The van der Waals surface area contributed by atoms with Crippen LogP contribution < -0.4 is 5.73 Å². The van der Waals surface area contributed by atoms with E-state index in [1.165, 1.54) is 19.3 Å². The molecule has 1 spiro atoms. The van der Waals surface area contributed by atoms with Crippen LogP contribution in [0.5, 0.6) is 0 Å². The van der Waals surface area contributed by atoms with Gasteiger partial charge in [0, 0.05) is 18.5 Å². The average Bonchev–Trinajstić information content (AvgIpc) is 2.44. The summed E-state index contributed by atoms with van der Waals surface area (Å²) in [6.45, 7) is 6.42. The van der Waals surface area contributed by atoms with Gasteiger partial charge in [-0.25, -0.2) is 4.79 Å². The smallest absolute Gasteiger partial charge is 0.314 e. The van der Waals surface area contributed by atoms with Crippen LogP contribution in [0.1, 0.15) is 33.1 Å². The minimum Gasteiger partial charge on any atom is -0.351 e. The molecular weight excluding hydrogens is 176 g/mol. The van der Waals surface area contributed by atoms with Gasteiger partial charge in [0.2, 0.25) is 0 Å². The van der Waals surface area contributed by atoms with Crippen LogP contribution >= 0.6 is 0 Å². The Morgan fingerprint density at radius 1 is 1.50 bits per heavy atom. The molecule has 0 bridgehead atoms. The molecule has 2 N–H and O–H groups in total. The van der Waals surface area contributed by atoms with Crippen LogP contribution in [0.3, 0.4) is 0 Å². The highest BCUT2D eigenvalue weighted by atomic mass is 16.2. The normalized spacial score (nSPS) is 29.6. The first-order valence-corrected chi connectivity index (χ1v) is 5.57. The molecule has 2 aliphatic rings. The summed E-state index contributed by atoms with van der Waals surface area (Å²) >= 11 is 0. The highest BCUT2D eigenvalue weighted by Crippen LogP contribution is 2.49. The molecule has 3 heteroatoms. The number of primary amides is 1. The molecule has 2 rings (SSSR count). The predicted molar refractivity (Wildman–Crippen MR) is 55.8 cm³/mol. The molecular formula is C11H20N2O. The van der Waals surface area contributed by atoms with Gasteiger partial charge in [0.15, 0.2) is 0 Å². The number of nitrogens with two attached hydrogens (primary N) is 1. The Morgan fingerprint density at radius 2 is 2.14 bits per heavy atom. The van der Waals surface area contributed by atoms with E-state index in [1.54, 1.807) is 4.90 Å². The molecule has 1 saturated carbocycles. The average molecular weight is 196 g/mol. The molecule has 0 aromatic carbocycles. The van der Waals surface area contributed by atoms with Crippen LogP contribution in [0.25, 0.3) is 0 Å². The molecule has 1 atom stereocenters. The summed E-state index contributed by atoms with van der Waals surface area (Å²) in [4.78, 5) is 12.7. The highest BCUT2D eigenvalue weighted by molar-refractivity contribution is 5.73. The lowest BCUT2D eigenvalue weighted by atomic mass is 9.77. The van der Waals surface area contributed by atoms with Crippen molar-refractivity contribution in [2.24, 2.45) is 23.0 Å². The summed E-state index contributed by atoms with van der Waals surface area (Å²) in [6.07, 6.45) is 3.93. The molecule has 0 aromatic rings. The van der Waals surface area contributed by atoms with E-state index in [-0.39, 0.29) is 6.03 Å². The second-order valence-corrected chi connectivity index (χ2v) is 5.44. The summed E-state index contributed by atoms with van der Waals surface area (Å²) in [5.74, 6) is 1.65. The Kier molecular flexibility index (Phi) is 2.20. The lowest BCUT2D eigenvalue weighted by Crippen LogP contribution is -2.58. The third-order valence-electron chi connectivity index (χ3n) is 4.05. The summed E-state index contributed by atoms with van der Waals surface area (Å²) in [5, 5.41) is 0. The zero-order valence-electron chi connectivity index (χ0n) is 9.12. The quantitative estimate of drug-likeness (QED) is 0.683. The van der Waals surface area contributed by atoms with Crippen LogP contribution in [0.2, 0.25) is 0 Å². The van der Waals surface area contributed by atoms with Gasteiger partial charge in [0.1, 0.15) is 0 Å². The number of urea groups is 1. The van der Waals surface area contributed by atoms with E-state index >= 15 is 0 Å². The Hall–Kier alpha value is -0.730. The lowest BCUT2D eigenvalue weighted by molar-refractivity contribution is 0.0356. The first-order valence-electron chi connectivity index (χ1n) is 5.57. The van der Waals surface area contributed by atoms with Gasteiger partial charge in [-0.2, -0.15) is 0 Å². The van der Waals surface area contributed by atoms with Gasteiger partial charge < -0.3 is 10.6 Å². The van der Waals surface area contributed by atoms with Crippen LogP contribution in [0, 0.1) is 17.3 Å². The number of likely N-dealkylation sites (tertiary alicyclic amines) is 1. The van der Waals surface area contributed by atoms with Crippen molar-refractivity contribution >= 4 is 6.03 Å². The Labute approximate surface area is 85.6 Å². The van der Waals surface area contributed by atoms with Gasteiger partial charge in [-0.1, -0.05) is 13.8 Å². The van der Waals surface area contributed by atoms with Crippen molar-refractivity contribution in [2.75, 3.05) is 13.1 Å². The number of amides is 2. The van der Waals surface area contributed by atoms with E-state index in [9.17, 15) is 4.79 Å². The number of carbonyl (C=O) groups is 1. The van der Waals surface area contributed by atoms with E-state index in [4.69, 9.17) is 5.73 Å². The molecule has 2 amide bonds. The largest absolute Gasteiger partial charge is 0.351 e. The number of nitrogens with zero attached hydrogens (tertiary/aromatic N) is 1. The highest BCUT2D eigenvalue weighted by Gasteiger charge is 2.49. The molecule has 0 radical (unpaired) electrons. The second-order valence-electron chi connectivity index (χ2n) is 5.44. The third kappa shape index (κ3) is 1.49. The fourth-order valence-electron chi connectivity index (χ4n) is 3.03. The summed E-state index contributed by atoms with van der Waals surface area (Å²) in [6, 6.07) is -0.247. The van der Waals surface area contributed by atoms with Crippen LogP contribution in [0.15, 0.2) is 0 Å². The van der Waals surface area contributed by atoms with Gasteiger partial charge >= 0.3 is 6.03 Å². The molecule has 1 unspecified atom stereocenters. The summed E-state index contributed by atoms with van der Waals surface area (Å²) in [5.41, 5.74) is 5.68. The number of hydrogen-bond donors (Lipinski definition) is 1. The molecule has 2 fully saturated rings. The SMILES string of the molecule is CC(C)C1CCC2(C1)CN(C(N)=O)C2. The van der Waals surface area contributed by atoms with E-state index in [0.717, 1.165) is 24.9 Å². The van der Waals surface area contributed by atoms with Crippen molar-refractivity contribution < 1.29 is 4.79 Å². The van der Waals surface area contributed by atoms with Crippen LogP contribution in [-0.2, 0) is 0 Å². The van der Waals surface area contributed by atoms with E-state index < -0.39 is 0 Å². The zero-order chi connectivity index (χ0) is 10.3. The monoisotopic (exact) mass is 196 g/mol. The molecule has 14 heavy (non-hydrogen) atoms. The summed E-state index contributed by atoms with van der Waals surface area (Å²) < 4.78 is 0. The minimum absolute atomic E-state index is 0.247. The van der Waals surface area contributed by atoms with Crippen molar-refractivity contribution in [3.8, 4) is 0 Å². The minimum atomic E-state index is -0.247. The van der Waals surface area contributed by atoms with Gasteiger partial charge in [-0.15, -0.1) is 0 Å². The van der Waals surface area contributed by atoms with Crippen molar-refractivity contribution in [1.82, 2.24) is 4.90 Å². The third-order valence-corrected chi connectivity index (χ3v) is 4.05. The lowest BCUT2D eigenvalue weighted by Gasteiger charge is -2.47. The zero-order valence-corrected chi connectivity index (χ0v) is 9.12. The number of hydrogen-bond acceptors (Lipinski definition) is 1. The van der Waals surface area contributed by atoms with E-state index in [1.807, 2.05) is 0 Å². The fraction of sp³-hybridized carbons (Fsp3) is 0.909. The molecule has 1 aliphatic carbocycles. The summed E-state index contributed by atoms with van der Waals surface area (Å²) in [7, 11) is 0. The van der Waals surface area contributed by atoms with Crippen LogP contribution in [0.4, 0.5) is 4.79 Å². The molecule has 1 saturated heterocycles. The molecule has 0 aromatic heterocycles. The maximum atomic E-state index is 10.9. The molecule has 1 heterocycles. The van der Waals surface area contributed by atoms with Crippen molar-refractivity contribution in [1.29, 1.82) is 0 Å². The van der Waals surface area contributed by atoms with Crippen molar-refractivity contribution in [2.45, 2.75) is 33.1 Å². The second kappa shape index (κ2) is 3.14. The Morgan fingerprint density at radius 3 is 2.57 bits per heavy atom. The van der Waals surface area contributed by atoms with Gasteiger partial charge in [-0.3, -0.25) is 0 Å². The molecule has 80 valence electrons. The topological polar surface area (TPSA) is 46.3 Å². The first kappa shape index (κ1) is 9.81.